The normalized spacial score (nSPS) is 12.4. The van der Waals surface area contributed by atoms with Crippen LogP contribution in [-0.4, -0.2) is 38.4 Å². The van der Waals surface area contributed by atoms with E-state index >= 15 is 0 Å². The van der Waals surface area contributed by atoms with Gasteiger partial charge in [-0.25, -0.2) is 0 Å². The van der Waals surface area contributed by atoms with E-state index in [4.69, 9.17) is 0 Å². The maximum Gasteiger partial charge on any atom is 0.0834 e. The Morgan fingerprint density at radius 2 is 2.00 bits per heavy atom. The van der Waals surface area contributed by atoms with Crippen molar-refractivity contribution >= 4 is 0 Å². The van der Waals surface area contributed by atoms with Gasteiger partial charge in [-0.05, 0) is 5.92 Å². The zero-order valence-corrected chi connectivity index (χ0v) is 9.51. The van der Waals surface area contributed by atoms with Gasteiger partial charge < -0.3 is 10.2 Å². The molecule has 0 fully saturated rings. The van der Waals surface area contributed by atoms with Crippen LogP contribution in [0.4, 0.5) is 0 Å². The molecule has 5 heteroatoms. The summed E-state index contributed by atoms with van der Waals surface area (Å²) in [4.78, 5) is 0. The van der Waals surface area contributed by atoms with Crippen molar-refractivity contribution in [1.82, 2.24) is 15.0 Å². The Labute approximate surface area is 89.7 Å². The Balaban J connectivity index is 2.83. The molecule has 0 saturated heterocycles. The molecule has 0 aliphatic carbocycles. The van der Waals surface area contributed by atoms with Gasteiger partial charge in [0.15, 0.2) is 0 Å². The fourth-order valence-electron chi connectivity index (χ4n) is 1.57. The molecule has 0 aliphatic rings. The molecule has 5 nitrogen and oxygen atoms in total. The average Bonchev–Trinajstić information content (AvgIpc) is 2.60. The van der Waals surface area contributed by atoms with E-state index in [0.29, 0.717) is 6.42 Å². The minimum Gasteiger partial charge on any atom is -0.396 e. The van der Waals surface area contributed by atoms with Crippen LogP contribution < -0.4 is 0 Å². The first-order chi connectivity index (χ1) is 7.04. The average molecular weight is 213 g/mol. The predicted molar refractivity (Wildman–Crippen MR) is 56.1 cm³/mol. The van der Waals surface area contributed by atoms with Crippen LogP contribution in [0.3, 0.4) is 0 Å². The van der Waals surface area contributed by atoms with Crippen LogP contribution in [0.5, 0.6) is 0 Å². The van der Waals surface area contributed by atoms with Crippen molar-refractivity contribution in [3.8, 4) is 0 Å². The van der Waals surface area contributed by atoms with Gasteiger partial charge >= 0.3 is 0 Å². The largest absolute Gasteiger partial charge is 0.396 e. The minimum absolute atomic E-state index is 0.0439. The molecule has 0 amide bonds. The predicted octanol–water partition coefficient (Wildman–Crippen LogP) is -0.0154. The minimum atomic E-state index is -0.504. The fraction of sp³-hybridized carbons (Fsp3) is 0.800. The first kappa shape index (κ1) is 12.1. The van der Waals surface area contributed by atoms with E-state index in [1.54, 1.807) is 11.7 Å². The van der Waals surface area contributed by atoms with Gasteiger partial charge in [-0.3, -0.25) is 4.68 Å². The first-order valence-electron chi connectivity index (χ1n) is 5.11. The van der Waals surface area contributed by atoms with Gasteiger partial charge in [-0.2, -0.15) is 0 Å². The molecule has 0 aromatic carbocycles. The molecule has 0 unspecified atom stereocenters. The van der Waals surface area contributed by atoms with E-state index in [9.17, 15) is 10.2 Å². The summed E-state index contributed by atoms with van der Waals surface area (Å²) in [7, 11) is 1.80. The van der Waals surface area contributed by atoms with E-state index in [1.807, 2.05) is 20.0 Å². The van der Waals surface area contributed by atoms with Crippen LogP contribution >= 0.6 is 0 Å². The standard InChI is InChI=1S/C10H19N3O2/c1-8(2)10(6-14,7-15)4-9-5-13(3)12-11-9/h5,8,14-15H,4,6-7H2,1-3H3. The van der Waals surface area contributed by atoms with Gasteiger partial charge in [0.25, 0.3) is 0 Å². The molecular weight excluding hydrogens is 194 g/mol. The third kappa shape index (κ3) is 2.54. The highest BCUT2D eigenvalue weighted by Crippen LogP contribution is 2.30. The Morgan fingerprint density at radius 1 is 1.40 bits per heavy atom. The second-order valence-electron chi connectivity index (χ2n) is 4.39. The molecule has 0 spiro atoms. The summed E-state index contributed by atoms with van der Waals surface area (Å²) in [6.45, 7) is 3.89. The van der Waals surface area contributed by atoms with Crippen LogP contribution in [0.1, 0.15) is 19.5 Å². The van der Waals surface area contributed by atoms with Gasteiger partial charge in [0.2, 0.25) is 0 Å². The van der Waals surface area contributed by atoms with Crippen LogP contribution in [0, 0.1) is 11.3 Å². The number of hydrogen-bond donors (Lipinski definition) is 2. The van der Waals surface area contributed by atoms with E-state index < -0.39 is 5.41 Å². The lowest BCUT2D eigenvalue weighted by Crippen LogP contribution is -2.37. The Hall–Kier alpha value is -0.940. The van der Waals surface area contributed by atoms with Crippen molar-refractivity contribution < 1.29 is 10.2 Å². The number of aromatic nitrogens is 3. The lowest BCUT2D eigenvalue weighted by atomic mass is 9.75. The molecule has 1 aromatic rings. The molecule has 0 radical (unpaired) electrons. The molecule has 1 aromatic heterocycles. The Kier molecular flexibility index (Phi) is 3.82. The maximum atomic E-state index is 9.40. The topological polar surface area (TPSA) is 71.2 Å². The smallest absolute Gasteiger partial charge is 0.0834 e. The Bertz CT molecular complexity index is 305. The van der Waals surface area contributed by atoms with E-state index in [-0.39, 0.29) is 19.1 Å². The third-order valence-corrected chi connectivity index (χ3v) is 3.04. The Morgan fingerprint density at radius 3 is 2.33 bits per heavy atom. The lowest BCUT2D eigenvalue weighted by molar-refractivity contribution is 0.0155. The van der Waals surface area contributed by atoms with Crippen LogP contribution in [-0.2, 0) is 13.5 Å². The van der Waals surface area contributed by atoms with E-state index in [2.05, 4.69) is 10.3 Å². The van der Waals surface area contributed by atoms with E-state index in [1.165, 1.54) is 0 Å². The quantitative estimate of drug-likeness (QED) is 0.721. The van der Waals surface area contributed by atoms with Crippen molar-refractivity contribution in [1.29, 1.82) is 0 Å². The second kappa shape index (κ2) is 4.72. The highest BCUT2D eigenvalue weighted by Gasteiger charge is 2.33. The van der Waals surface area contributed by atoms with Crippen LogP contribution in [0.25, 0.3) is 0 Å². The number of hydrogen-bond acceptors (Lipinski definition) is 4. The maximum absolute atomic E-state index is 9.40. The number of rotatable bonds is 5. The van der Waals surface area contributed by atoms with Gasteiger partial charge in [0.05, 0.1) is 18.9 Å². The highest BCUT2D eigenvalue weighted by molar-refractivity contribution is 4.99. The fourth-order valence-corrected chi connectivity index (χ4v) is 1.57. The summed E-state index contributed by atoms with van der Waals surface area (Å²) in [5.41, 5.74) is 0.296. The van der Waals surface area contributed by atoms with Gasteiger partial charge in [-0.15, -0.1) is 5.10 Å². The molecule has 86 valence electrons. The molecular formula is C10H19N3O2. The van der Waals surface area contributed by atoms with Crippen molar-refractivity contribution in [3.05, 3.63) is 11.9 Å². The zero-order valence-electron chi connectivity index (χ0n) is 9.51. The van der Waals surface area contributed by atoms with Crippen molar-refractivity contribution in [2.75, 3.05) is 13.2 Å². The molecule has 15 heavy (non-hydrogen) atoms. The van der Waals surface area contributed by atoms with E-state index in [0.717, 1.165) is 5.69 Å². The van der Waals surface area contributed by atoms with Crippen LogP contribution in [0.15, 0.2) is 6.20 Å². The van der Waals surface area contributed by atoms with Gasteiger partial charge in [0, 0.05) is 25.1 Å². The summed E-state index contributed by atoms with van der Waals surface area (Å²) in [6, 6.07) is 0. The summed E-state index contributed by atoms with van der Waals surface area (Å²) in [5.74, 6) is 0.189. The summed E-state index contributed by atoms with van der Waals surface area (Å²) < 4.78 is 1.62. The molecule has 0 bridgehead atoms. The summed E-state index contributed by atoms with van der Waals surface area (Å²) in [6.07, 6.45) is 2.36. The summed E-state index contributed by atoms with van der Waals surface area (Å²) >= 11 is 0. The van der Waals surface area contributed by atoms with Crippen LogP contribution in [0.2, 0.25) is 0 Å². The number of aliphatic hydroxyl groups is 2. The molecule has 1 heterocycles. The van der Waals surface area contributed by atoms with Crippen molar-refractivity contribution in [3.63, 3.8) is 0 Å². The SMILES string of the molecule is CC(C)C(CO)(CO)Cc1cn(C)nn1. The lowest BCUT2D eigenvalue weighted by Gasteiger charge is -2.33. The molecule has 2 N–H and O–H groups in total. The first-order valence-corrected chi connectivity index (χ1v) is 5.11. The molecule has 0 aliphatic heterocycles. The van der Waals surface area contributed by atoms with Crippen molar-refractivity contribution in [2.45, 2.75) is 20.3 Å². The van der Waals surface area contributed by atoms with Crippen molar-refractivity contribution in [2.24, 2.45) is 18.4 Å². The molecule has 0 saturated carbocycles. The molecule has 1 rings (SSSR count). The highest BCUT2D eigenvalue weighted by atomic mass is 16.3. The van der Waals surface area contributed by atoms with Gasteiger partial charge in [0.1, 0.15) is 0 Å². The monoisotopic (exact) mass is 213 g/mol. The number of aryl methyl sites for hydroxylation is 1. The number of aliphatic hydroxyl groups excluding tert-OH is 2. The van der Waals surface area contributed by atoms with Gasteiger partial charge in [-0.1, -0.05) is 19.1 Å². The molecule has 0 atom stereocenters. The zero-order chi connectivity index (χ0) is 11.5. The second-order valence-corrected chi connectivity index (χ2v) is 4.39. The third-order valence-electron chi connectivity index (χ3n) is 3.04. The number of nitrogens with zero attached hydrogens (tertiary/aromatic N) is 3. The summed E-state index contributed by atoms with van der Waals surface area (Å²) in [5, 5.41) is 26.6.